The Morgan fingerprint density at radius 2 is 1.93 bits per heavy atom. The number of hydrogen-bond acceptors (Lipinski definition) is 5. The highest BCUT2D eigenvalue weighted by molar-refractivity contribution is 5.95. The van der Waals surface area contributed by atoms with Gasteiger partial charge in [-0.3, -0.25) is 4.90 Å². The van der Waals surface area contributed by atoms with Crippen LogP contribution in [0.15, 0.2) is 52.9 Å². The van der Waals surface area contributed by atoms with Crippen molar-refractivity contribution in [1.82, 2.24) is 15.1 Å². The van der Waals surface area contributed by atoms with E-state index >= 15 is 0 Å². The number of hydrogen-bond donors (Lipinski definition) is 1. The largest absolute Gasteiger partial charge is 0.478 e. The lowest BCUT2D eigenvalue weighted by Gasteiger charge is -2.33. The van der Waals surface area contributed by atoms with Gasteiger partial charge in [-0.25, -0.2) is 4.79 Å². The summed E-state index contributed by atoms with van der Waals surface area (Å²) in [5.41, 5.74) is 3.14. The number of aromatic carboxylic acids is 1. The fourth-order valence-corrected chi connectivity index (χ4v) is 3.85. The molecule has 2 aromatic carbocycles. The van der Waals surface area contributed by atoms with Crippen LogP contribution in [0.25, 0.3) is 11.1 Å². The van der Waals surface area contributed by atoms with E-state index in [9.17, 15) is 9.90 Å². The summed E-state index contributed by atoms with van der Waals surface area (Å²) in [5.74, 6) is 0.386. The quantitative estimate of drug-likeness (QED) is 0.707. The number of carboxylic acid groups (broad SMARTS) is 1. The van der Waals surface area contributed by atoms with Gasteiger partial charge in [0.15, 0.2) is 0 Å². The van der Waals surface area contributed by atoms with E-state index in [0.717, 1.165) is 43.5 Å². The zero-order valence-corrected chi connectivity index (χ0v) is 15.8. The molecule has 6 heteroatoms. The van der Waals surface area contributed by atoms with Gasteiger partial charge in [-0.2, -0.15) is 0 Å². The third-order valence-electron chi connectivity index (χ3n) is 5.25. The second kappa shape index (κ2) is 7.94. The van der Waals surface area contributed by atoms with Crippen LogP contribution in [0.5, 0.6) is 0 Å². The predicted octanol–water partition coefficient (Wildman–Crippen LogP) is 4.47. The summed E-state index contributed by atoms with van der Waals surface area (Å²) < 4.78 is 5.68. The third-order valence-corrected chi connectivity index (χ3v) is 5.25. The predicted molar refractivity (Wildman–Crippen MR) is 105 cm³/mol. The molecule has 0 radical (unpaired) electrons. The zero-order valence-electron chi connectivity index (χ0n) is 15.8. The van der Waals surface area contributed by atoms with E-state index in [-0.39, 0.29) is 6.04 Å². The molecule has 28 heavy (non-hydrogen) atoms. The van der Waals surface area contributed by atoms with E-state index in [1.807, 2.05) is 31.2 Å². The highest BCUT2D eigenvalue weighted by atomic mass is 16.4. The molecule has 1 aliphatic rings. The molecule has 4 rings (SSSR count). The van der Waals surface area contributed by atoms with E-state index in [4.69, 9.17) is 4.42 Å². The average Bonchev–Trinajstić information content (AvgIpc) is 3.15. The first-order valence-electron chi connectivity index (χ1n) is 9.57. The van der Waals surface area contributed by atoms with E-state index < -0.39 is 5.97 Å². The van der Waals surface area contributed by atoms with Crippen LogP contribution in [0.4, 0.5) is 0 Å². The van der Waals surface area contributed by atoms with Gasteiger partial charge in [0.25, 0.3) is 0 Å². The summed E-state index contributed by atoms with van der Waals surface area (Å²) in [5, 5.41) is 17.6. The van der Waals surface area contributed by atoms with Crippen molar-refractivity contribution in [3.8, 4) is 11.1 Å². The SMILES string of the molecule is Cc1nnc([C@@H]2CCCCN2Cc2ccc(-c3ccccc3C(=O)O)cc2)o1. The Morgan fingerprint density at radius 3 is 2.64 bits per heavy atom. The maximum Gasteiger partial charge on any atom is 0.336 e. The summed E-state index contributed by atoms with van der Waals surface area (Å²) in [6, 6.07) is 15.4. The normalized spacial score (nSPS) is 17.5. The molecule has 1 aliphatic heterocycles. The lowest BCUT2D eigenvalue weighted by atomic mass is 9.97. The summed E-state index contributed by atoms with van der Waals surface area (Å²) in [7, 11) is 0. The number of aromatic nitrogens is 2. The minimum absolute atomic E-state index is 0.155. The lowest BCUT2D eigenvalue weighted by Crippen LogP contribution is -2.33. The molecular weight excluding hydrogens is 354 g/mol. The Labute approximate surface area is 163 Å². The molecule has 3 aromatic rings. The lowest BCUT2D eigenvalue weighted by molar-refractivity contribution is 0.0697. The molecule has 0 unspecified atom stereocenters. The number of aryl methyl sites for hydroxylation is 1. The Bertz CT molecular complexity index is 965. The molecule has 6 nitrogen and oxygen atoms in total. The van der Waals surface area contributed by atoms with Crippen molar-refractivity contribution >= 4 is 5.97 Å². The highest BCUT2D eigenvalue weighted by Crippen LogP contribution is 2.32. The molecule has 1 fully saturated rings. The number of carbonyl (C=O) groups is 1. The molecule has 0 aliphatic carbocycles. The van der Waals surface area contributed by atoms with Crippen LogP contribution in [-0.4, -0.2) is 32.7 Å². The number of nitrogens with zero attached hydrogens (tertiary/aromatic N) is 3. The Morgan fingerprint density at radius 1 is 1.14 bits per heavy atom. The smallest absolute Gasteiger partial charge is 0.336 e. The van der Waals surface area contributed by atoms with Gasteiger partial charge in [0, 0.05) is 13.5 Å². The number of piperidine rings is 1. The van der Waals surface area contributed by atoms with Crippen LogP contribution in [0.2, 0.25) is 0 Å². The van der Waals surface area contributed by atoms with Crippen LogP contribution < -0.4 is 0 Å². The summed E-state index contributed by atoms with van der Waals surface area (Å²) >= 11 is 0. The van der Waals surface area contributed by atoms with E-state index in [1.165, 1.54) is 5.56 Å². The average molecular weight is 377 g/mol. The van der Waals surface area contributed by atoms with Gasteiger partial charge in [0.05, 0.1) is 11.6 Å². The third kappa shape index (κ3) is 3.82. The maximum absolute atomic E-state index is 11.5. The molecule has 0 amide bonds. The number of likely N-dealkylation sites (tertiary alicyclic amines) is 1. The number of carboxylic acids is 1. The first-order valence-corrected chi connectivity index (χ1v) is 9.57. The van der Waals surface area contributed by atoms with E-state index in [1.54, 1.807) is 12.1 Å². The van der Waals surface area contributed by atoms with E-state index in [0.29, 0.717) is 17.3 Å². The first-order chi connectivity index (χ1) is 13.6. The zero-order chi connectivity index (χ0) is 19.5. The van der Waals surface area contributed by atoms with Crippen LogP contribution in [-0.2, 0) is 6.54 Å². The van der Waals surface area contributed by atoms with E-state index in [2.05, 4.69) is 27.2 Å². The Hall–Kier alpha value is -2.99. The maximum atomic E-state index is 11.5. The molecule has 1 N–H and O–H groups in total. The molecule has 0 saturated carbocycles. The molecule has 144 valence electrons. The number of rotatable bonds is 5. The molecule has 1 aromatic heterocycles. The van der Waals surface area contributed by atoms with Crippen LogP contribution >= 0.6 is 0 Å². The molecule has 1 atom stereocenters. The van der Waals surface area contributed by atoms with Gasteiger partial charge in [0.1, 0.15) is 0 Å². The summed E-state index contributed by atoms with van der Waals surface area (Å²) in [4.78, 5) is 13.9. The molecular formula is C22H23N3O3. The van der Waals surface area contributed by atoms with Crippen LogP contribution in [0.1, 0.15) is 53.0 Å². The van der Waals surface area contributed by atoms with Crippen LogP contribution in [0, 0.1) is 6.92 Å². The Kier molecular flexibility index (Phi) is 5.21. The van der Waals surface area contributed by atoms with Gasteiger partial charge in [-0.05, 0) is 42.1 Å². The second-order valence-corrected chi connectivity index (χ2v) is 7.19. The second-order valence-electron chi connectivity index (χ2n) is 7.19. The topological polar surface area (TPSA) is 79.5 Å². The van der Waals surface area contributed by atoms with Crippen molar-refractivity contribution < 1.29 is 14.3 Å². The van der Waals surface area contributed by atoms with Crippen molar-refractivity contribution in [2.24, 2.45) is 0 Å². The Balaban J connectivity index is 1.53. The van der Waals surface area contributed by atoms with Crippen LogP contribution in [0.3, 0.4) is 0 Å². The summed E-state index contributed by atoms with van der Waals surface area (Å²) in [6.07, 6.45) is 3.34. The van der Waals surface area contributed by atoms with Crippen molar-refractivity contribution in [2.45, 2.75) is 38.8 Å². The monoisotopic (exact) mass is 377 g/mol. The highest BCUT2D eigenvalue weighted by Gasteiger charge is 2.28. The molecule has 0 spiro atoms. The van der Waals surface area contributed by atoms with Gasteiger partial charge in [-0.15, -0.1) is 10.2 Å². The van der Waals surface area contributed by atoms with Gasteiger partial charge < -0.3 is 9.52 Å². The minimum atomic E-state index is -0.911. The van der Waals surface area contributed by atoms with Crippen molar-refractivity contribution in [3.05, 3.63) is 71.4 Å². The van der Waals surface area contributed by atoms with Gasteiger partial charge in [-0.1, -0.05) is 48.9 Å². The van der Waals surface area contributed by atoms with Crippen molar-refractivity contribution in [1.29, 1.82) is 0 Å². The first kappa shape index (κ1) is 18.4. The standard InChI is InChI=1S/C22H23N3O3/c1-15-23-24-21(28-15)20-8-4-5-13-25(20)14-16-9-11-17(12-10-16)18-6-2-3-7-19(18)22(26)27/h2-3,6-7,9-12,20H,4-5,8,13-14H2,1H3,(H,26,27)/t20-/m0/s1. The van der Waals surface area contributed by atoms with Crippen molar-refractivity contribution in [3.63, 3.8) is 0 Å². The fourth-order valence-electron chi connectivity index (χ4n) is 3.85. The van der Waals surface area contributed by atoms with Crippen molar-refractivity contribution in [2.75, 3.05) is 6.54 Å². The molecule has 1 saturated heterocycles. The summed E-state index contributed by atoms with van der Waals surface area (Å²) in [6.45, 7) is 3.61. The fraction of sp³-hybridized carbons (Fsp3) is 0.318. The molecule has 0 bridgehead atoms. The van der Waals surface area contributed by atoms with Gasteiger partial charge in [0.2, 0.25) is 11.8 Å². The van der Waals surface area contributed by atoms with Gasteiger partial charge >= 0.3 is 5.97 Å². The molecule has 2 heterocycles. The minimum Gasteiger partial charge on any atom is -0.478 e. The number of benzene rings is 2.